The highest BCUT2D eigenvalue weighted by atomic mass is 79.9. The van der Waals surface area contributed by atoms with Gasteiger partial charge in [-0.05, 0) is 59.9 Å². The summed E-state index contributed by atoms with van der Waals surface area (Å²) >= 11 is 12.1. The first kappa shape index (κ1) is 14.6. The molecule has 1 atom stereocenters. The minimum Gasteiger partial charge on any atom is -0.271 e. The Morgan fingerprint density at radius 3 is 2.61 bits per heavy atom. The summed E-state index contributed by atoms with van der Waals surface area (Å²) in [7, 11) is 0. The number of halogens is 3. The molecule has 0 saturated carbocycles. The summed E-state index contributed by atoms with van der Waals surface area (Å²) in [5.74, 6) is 5.64. The molecule has 18 heavy (non-hydrogen) atoms. The van der Waals surface area contributed by atoms with Crippen molar-refractivity contribution in [2.24, 2.45) is 5.84 Å². The van der Waals surface area contributed by atoms with Gasteiger partial charge in [-0.2, -0.15) is 0 Å². The zero-order valence-electron chi connectivity index (χ0n) is 9.16. The zero-order valence-corrected chi connectivity index (χ0v) is 14.7. The van der Waals surface area contributed by atoms with E-state index in [0.717, 1.165) is 25.5 Å². The lowest BCUT2D eigenvalue weighted by Gasteiger charge is -2.16. The minimum absolute atomic E-state index is 0.0157. The molecule has 7 heteroatoms. The Morgan fingerprint density at radius 1 is 1.28 bits per heavy atom. The largest absolute Gasteiger partial charge is 0.271 e. The second kappa shape index (κ2) is 6.58. The number of pyridine rings is 1. The fourth-order valence-corrected chi connectivity index (χ4v) is 4.34. The SMILES string of the molecule is NNC(Cc1cc(Br)cs1)c1ncc(Br)cc1Br. The van der Waals surface area contributed by atoms with Crippen LogP contribution in [0.1, 0.15) is 16.6 Å². The molecule has 1 unspecified atom stereocenters. The number of rotatable bonds is 4. The van der Waals surface area contributed by atoms with Gasteiger partial charge in [-0.1, -0.05) is 0 Å². The van der Waals surface area contributed by atoms with Gasteiger partial charge in [0.25, 0.3) is 0 Å². The monoisotopic (exact) mass is 453 g/mol. The Balaban J connectivity index is 2.22. The van der Waals surface area contributed by atoms with Crippen molar-refractivity contribution in [1.29, 1.82) is 0 Å². The predicted molar refractivity (Wildman–Crippen MR) is 85.4 cm³/mol. The molecule has 0 aliphatic carbocycles. The highest BCUT2D eigenvalue weighted by molar-refractivity contribution is 9.11. The van der Waals surface area contributed by atoms with Crippen LogP contribution in [0.2, 0.25) is 0 Å². The number of nitrogens with two attached hydrogens (primary N) is 1. The molecule has 0 fully saturated rings. The van der Waals surface area contributed by atoms with E-state index < -0.39 is 0 Å². The Bertz CT molecular complexity index is 544. The first-order chi connectivity index (χ1) is 8.60. The average molecular weight is 456 g/mol. The van der Waals surface area contributed by atoms with Crippen LogP contribution in [0.15, 0.2) is 37.1 Å². The van der Waals surface area contributed by atoms with E-state index in [2.05, 4.69) is 69.6 Å². The Labute approximate surface area is 135 Å². The van der Waals surface area contributed by atoms with Crippen molar-refractivity contribution in [2.45, 2.75) is 12.5 Å². The van der Waals surface area contributed by atoms with Gasteiger partial charge in [0.05, 0.1) is 11.7 Å². The van der Waals surface area contributed by atoms with Gasteiger partial charge < -0.3 is 0 Å². The first-order valence-electron chi connectivity index (χ1n) is 5.10. The summed E-state index contributed by atoms with van der Waals surface area (Å²) < 4.78 is 2.98. The third kappa shape index (κ3) is 3.61. The van der Waals surface area contributed by atoms with E-state index in [1.807, 2.05) is 6.07 Å². The van der Waals surface area contributed by atoms with E-state index in [4.69, 9.17) is 5.84 Å². The molecular weight excluding hydrogens is 446 g/mol. The normalized spacial score (nSPS) is 12.7. The van der Waals surface area contributed by atoms with Gasteiger partial charge in [-0.25, -0.2) is 0 Å². The van der Waals surface area contributed by atoms with Crippen LogP contribution in [0.5, 0.6) is 0 Å². The third-order valence-corrected chi connectivity index (χ3v) is 5.18. The highest BCUT2D eigenvalue weighted by Gasteiger charge is 2.16. The number of hydrazine groups is 1. The van der Waals surface area contributed by atoms with E-state index in [1.54, 1.807) is 17.5 Å². The lowest BCUT2D eigenvalue weighted by Crippen LogP contribution is -2.30. The molecule has 0 saturated heterocycles. The molecule has 3 N–H and O–H groups in total. The summed E-state index contributed by atoms with van der Waals surface area (Å²) in [5, 5.41) is 2.06. The fourth-order valence-electron chi connectivity index (χ4n) is 1.58. The van der Waals surface area contributed by atoms with Gasteiger partial charge in [0.1, 0.15) is 0 Å². The maximum absolute atomic E-state index is 5.64. The van der Waals surface area contributed by atoms with Gasteiger partial charge in [0, 0.05) is 36.3 Å². The van der Waals surface area contributed by atoms with E-state index >= 15 is 0 Å². The van der Waals surface area contributed by atoms with Crippen molar-refractivity contribution in [1.82, 2.24) is 10.4 Å². The van der Waals surface area contributed by atoms with E-state index in [1.165, 1.54) is 4.88 Å². The van der Waals surface area contributed by atoms with E-state index in [-0.39, 0.29) is 6.04 Å². The Morgan fingerprint density at radius 2 is 2.06 bits per heavy atom. The zero-order chi connectivity index (χ0) is 13.1. The van der Waals surface area contributed by atoms with Crippen LogP contribution in [-0.2, 0) is 6.42 Å². The number of nitrogens with zero attached hydrogens (tertiary/aromatic N) is 1. The molecule has 0 amide bonds. The molecule has 2 rings (SSSR count). The highest BCUT2D eigenvalue weighted by Crippen LogP contribution is 2.29. The maximum Gasteiger partial charge on any atom is 0.0732 e. The summed E-state index contributed by atoms with van der Waals surface area (Å²) in [4.78, 5) is 5.66. The maximum atomic E-state index is 5.64. The summed E-state index contributed by atoms with van der Waals surface area (Å²) in [5.41, 5.74) is 3.73. The first-order valence-corrected chi connectivity index (χ1v) is 8.36. The molecule has 2 aromatic heterocycles. The van der Waals surface area contributed by atoms with Gasteiger partial charge in [-0.3, -0.25) is 16.3 Å². The molecule has 2 heterocycles. The predicted octanol–water partition coefficient (Wildman–Crippen LogP) is 4.18. The lowest BCUT2D eigenvalue weighted by molar-refractivity contribution is 0.539. The molecule has 2 aromatic rings. The average Bonchev–Trinajstić information content (AvgIpc) is 2.72. The van der Waals surface area contributed by atoms with Crippen molar-refractivity contribution < 1.29 is 0 Å². The van der Waals surface area contributed by atoms with Crippen molar-refractivity contribution in [2.75, 3.05) is 0 Å². The molecule has 0 aromatic carbocycles. The van der Waals surface area contributed by atoms with Gasteiger partial charge >= 0.3 is 0 Å². The van der Waals surface area contributed by atoms with Crippen LogP contribution in [0.4, 0.5) is 0 Å². The molecule has 0 aliphatic rings. The minimum atomic E-state index is -0.0157. The molecule has 0 spiro atoms. The van der Waals surface area contributed by atoms with Crippen LogP contribution in [-0.4, -0.2) is 4.98 Å². The molecule has 0 aliphatic heterocycles. The smallest absolute Gasteiger partial charge is 0.0732 e. The quantitative estimate of drug-likeness (QED) is 0.537. The Hall–Kier alpha value is 0.210. The van der Waals surface area contributed by atoms with Crippen molar-refractivity contribution in [3.8, 4) is 0 Å². The molecule has 0 radical (unpaired) electrons. The number of thiophene rings is 1. The molecule has 0 bridgehead atoms. The van der Waals surface area contributed by atoms with E-state index in [9.17, 15) is 0 Å². The van der Waals surface area contributed by atoms with Gasteiger partial charge in [-0.15, -0.1) is 11.3 Å². The second-order valence-corrected chi connectivity index (χ2v) is 7.36. The van der Waals surface area contributed by atoms with Crippen LogP contribution in [0.3, 0.4) is 0 Å². The summed E-state index contributed by atoms with van der Waals surface area (Å²) in [6, 6.07) is 4.05. The number of hydrogen-bond donors (Lipinski definition) is 2. The molecule has 3 nitrogen and oxygen atoms in total. The van der Waals surface area contributed by atoms with Crippen molar-refractivity contribution >= 4 is 59.1 Å². The Kier molecular flexibility index (Phi) is 5.35. The van der Waals surface area contributed by atoms with Crippen LogP contribution >= 0.6 is 59.1 Å². The van der Waals surface area contributed by atoms with Crippen molar-refractivity contribution in [3.63, 3.8) is 0 Å². The van der Waals surface area contributed by atoms with Gasteiger partial charge in [0.2, 0.25) is 0 Å². The van der Waals surface area contributed by atoms with Crippen LogP contribution in [0.25, 0.3) is 0 Å². The molecule has 96 valence electrons. The second-order valence-electron chi connectivity index (χ2n) is 3.68. The van der Waals surface area contributed by atoms with E-state index in [0.29, 0.717) is 0 Å². The third-order valence-electron chi connectivity index (χ3n) is 2.39. The van der Waals surface area contributed by atoms with Crippen LogP contribution < -0.4 is 11.3 Å². The topological polar surface area (TPSA) is 50.9 Å². The summed E-state index contributed by atoms with van der Waals surface area (Å²) in [6.45, 7) is 0. The molecular formula is C11H10Br3N3S. The lowest BCUT2D eigenvalue weighted by atomic mass is 10.1. The van der Waals surface area contributed by atoms with Crippen LogP contribution in [0, 0.1) is 0 Å². The number of hydrogen-bond acceptors (Lipinski definition) is 4. The van der Waals surface area contributed by atoms with Crippen molar-refractivity contribution in [3.05, 3.63) is 47.7 Å². The number of aromatic nitrogens is 1. The fraction of sp³-hybridized carbons (Fsp3) is 0.182. The number of nitrogens with one attached hydrogen (secondary N) is 1. The standard InChI is InChI=1S/C11H10Br3N3S/c12-6-2-9(14)11(16-4-6)10(17-15)3-8-1-7(13)5-18-8/h1-2,4-5,10,17H,3,15H2. The van der Waals surface area contributed by atoms with Gasteiger partial charge in [0.15, 0.2) is 0 Å². The summed E-state index contributed by atoms with van der Waals surface area (Å²) in [6.07, 6.45) is 2.58.